The van der Waals surface area contributed by atoms with Gasteiger partial charge in [0.1, 0.15) is 5.78 Å². The number of alkyl halides is 1. The highest BCUT2D eigenvalue weighted by molar-refractivity contribution is 9.09. The van der Waals surface area contributed by atoms with Gasteiger partial charge in [-0.1, -0.05) is 28.1 Å². The van der Waals surface area contributed by atoms with Gasteiger partial charge in [-0.25, -0.2) is 4.79 Å². The van der Waals surface area contributed by atoms with Crippen molar-refractivity contribution in [3.8, 4) is 0 Å². The Kier molecular flexibility index (Phi) is 4.61. The molecule has 5 nitrogen and oxygen atoms in total. The molecule has 0 aliphatic heterocycles. The molecule has 6 heteroatoms. The second kappa shape index (κ2) is 5.77. The summed E-state index contributed by atoms with van der Waals surface area (Å²) in [5.74, 6) is -2.56. The van der Waals surface area contributed by atoms with Gasteiger partial charge in [0.05, 0.1) is 16.8 Å². The van der Waals surface area contributed by atoms with Gasteiger partial charge in [0.25, 0.3) is 0 Å². The van der Waals surface area contributed by atoms with Crippen molar-refractivity contribution in [3.63, 3.8) is 0 Å². The van der Waals surface area contributed by atoms with Gasteiger partial charge in [-0.15, -0.1) is 0 Å². The van der Waals surface area contributed by atoms with Crippen molar-refractivity contribution >= 4 is 33.7 Å². The van der Waals surface area contributed by atoms with Crippen LogP contribution in [0.1, 0.15) is 33.2 Å². The Morgan fingerprint density at radius 3 is 2.33 bits per heavy atom. The van der Waals surface area contributed by atoms with Crippen molar-refractivity contribution in [3.05, 3.63) is 34.9 Å². The molecule has 0 amide bonds. The first kappa shape index (κ1) is 14.4. The maximum Gasteiger partial charge on any atom is 0.336 e. The number of carbonyl (C=O) groups is 3. The van der Waals surface area contributed by atoms with E-state index in [1.165, 1.54) is 25.1 Å². The fourth-order valence-corrected chi connectivity index (χ4v) is 2.16. The van der Waals surface area contributed by atoms with Crippen LogP contribution in [0.4, 0.5) is 0 Å². The molecule has 0 heterocycles. The number of aromatic carboxylic acids is 1. The average molecular weight is 315 g/mol. The molecule has 0 saturated heterocycles. The van der Waals surface area contributed by atoms with E-state index >= 15 is 0 Å². The fraction of sp³-hybridized carbons (Fsp3) is 0.250. The van der Waals surface area contributed by atoms with E-state index in [1.54, 1.807) is 0 Å². The lowest BCUT2D eigenvalue weighted by Gasteiger charge is -2.14. The van der Waals surface area contributed by atoms with Gasteiger partial charge in [-0.05, 0) is 24.1 Å². The maximum atomic E-state index is 11.4. The number of carbonyl (C=O) groups excluding carboxylic acids is 1. The highest BCUT2D eigenvalue weighted by Crippen LogP contribution is 2.30. The number of rotatable bonds is 5. The normalized spacial score (nSPS) is 11.9. The van der Waals surface area contributed by atoms with Crippen molar-refractivity contribution in [2.24, 2.45) is 0 Å². The van der Waals surface area contributed by atoms with Crippen molar-refractivity contribution < 1.29 is 24.6 Å². The Morgan fingerprint density at radius 2 is 1.89 bits per heavy atom. The van der Waals surface area contributed by atoms with Crippen molar-refractivity contribution in [2.75, 3.05) is 0 Å². The summed E-state index contributed by atoms with van der Waals surface area (Å²) >= 11 is 3.10. The van der Waals surface area contributed by atoms with Gasteiger partial charge in [-0.3, -0.25) is 9.59 Å². The second-order valence-corrected chi connectivity index (χ2v) is 4.64. The van der Waals surface area contributed by atoms with E-state index in [2.05, 4.69) is 15.9 Å². The molecule has 1 rings (SSSR count). The van der Waals surface area contributed by atoms with E-state index in [4.69, 9.17) is 10.2 Å². The molecular weight excluding hydrogens is 304 g/mol. The van der Waals surface area contributed by atoms with E-state index in [1.807, 2.05) is 0 Å². The van der Waals surface area contributed by atoms with E-state index < -0.39 is 16.8 Å². The summed E-state index contributed by atoms with van der Waals surface area (Å²) < 4.78 is 0. The zero-order chi connectivity index (χ0) is 13.9. The number of hydrogen-bond donors (Lipinski definition) is 2. The Hall–Kier alpha value is -1.69. The van der Waals surface area contributed by atoms with Crippen LogP contribution in [0, 0.1) is 0 Å². The number of aliphatic carboxylic acids is 1. The van der Waals surface area contributed by atoms with Gasteiger partial charge < -0.3 is 10.2 Å². The van der Waals surface area contributed by atoms with Crippen molar-refractivity contribution in [1.29, 1.82) is 0 Å². The third-order valence-electron chi connectivity index (χ3n) is 2.38. The molecule has 0 saturated carbocycles. The quantitative estimate of drug-likeness (QED) is 0.811. The minimum absolute atomic E-state index is 0.0641. The minimum Gasteiger partial charge on any atom is -0.481 e. The van der Waals surface area contributed by atoms with Crippen LogP contribution < -0.4 is 0 Å². The lowest BCUT2D eigenvalue weighted by molar-refractivity contribution is -0.136. The predicted octanol–water partition coefficient (Wildman–Crippen LogP) is 2.04. The van der Waals surface area contributed by atoms with E-state index in [0.717, 1.165) is 0 Å². The number of Topliss-reactive ketones (excluding diaryl/α,β-unsaturated/α-hetero) is 1. The van der Waals surface area contributed by atoms with Crippen LogP contribution in [0.5, 0.6) is 0 Å². The number of hydrogen-bond acceptors (Lipinski definition) is 3. The van der Waals surface area contributed by atoms with Gasteiger partial charge in [-0.2, -0.15) is 0 Å². The van der Waals surface area contributed by atoms with Crippen LogP contribution in [-0.2, 0) is 16.0 Å². The van der Waals surface area contributed by atoms with E-state index in [-0.39, 0.29) is 23.3 Å². The molecule has 1 aromatic rings. The molecule has 0 fully saturated rings. The largest absolute Gasteiger partial charge is 0.481 e. The molecule has 0 bridgehead atoms. The van der Waals surface area contributed by atoms with Gasteiger partial charge in [0.15, 0.2) is 0 Å². The lowest BCUT2D eigenvalue weighted by Crippen LogP contribution is -2.14. The molecule has 1 atom stereocenters. The first-order valence-electron chi connectivity index (χ1n) is 5.06. The minimum atomic E-state index is -1.19. The van der Waals surface area contributed by atoms with Gasteiger partial charge in [0.2, 0.25) is 0 Å². The molecular formula is C12H11BrO5. The lowest BCUT2D eigenvalue weighted by atomic mass is 9.95. The van der Waals surface area contributed by atoms with Crippen LogP contribution in [0.15, 0.2) is 18.2 Å². The molecule has 18 heavy (non-hydrogen) atoms. The maximum absolute atomic E-state index is 11.4. The van der Waals surface area contributed by atoms with Crippen LogP contribution in [0.25, 0.3) is 0 Å². The average Bonchev–Trinajstić information content (AvgIpc) is 2.26. The molecule has 0 radical (unpaired) electrons. The Bertz CT molecular complexity index is 509. The number of carboxylic acid groups (broad SMARTS) is 2. The third kappa shape index (κ3) is 3.16. The first-order valence-corrected chi connectivity index (χ1v) is 5.97. The van der Waals surface area contributed by atoms with Crippen LogP contribution >= 0.6 is 15.9 Å². The summed E-state index contributed by atoms with van der Waals surface area (Å²) in [5.41, 5.74) is 0.463. The third-order valence-corrected chi connectivity index (χ3v) is 3.48. The smallest absolute Gasteiger partial charge is 0.336 e. The fourth-order valence-electron chi connectivity index (χ4n) is 1.62. The van der Waals surface area contributed by atoms with Crippen LogP contribution in [-0.4, -0.2) is 27.9 Å². The Balaban J connectivity index is 3.42. The molecule has 0 aliphatic rings. The number of ketones is 1. The predicted molar refractivity (Wildman–Crippen MR) is 67.1 cm³/mol. The second-order valence-electron chi connectivity index (χ2n) is 3.73. The summed E-state index contributed by atoms with van der Waals surface area (Å²) in [6.45, 7) is 1.31. The molecule has 96 valence electrons. The van der Waals surface area contributed by atoms with Crippen molar-refractivity contribution in [2.45, 2.75) is 18.2 Å². The van der Waals surface area contributed by atoms with Gasteiger partial charge in [0, 0.05) is 0 Å². The molecule has 0 aliphatic carbocycles. The van der Waals surface area contributed by atoms with E-state index in [9.17, 15) is 14.4 Å². The zero-order valence-electron chi connectivity index (χ0n) is 9.51. The SMILES string of the molecule is CC(=O)C(Br)c1c(CC(=O)O)cccc1C(=O)O. The number of carboxylic acids is 2. The summed E-state index contributed by atoms with van der Waals surface area (Å²) in [7, 11) is 0. The highest BCUT2D eigenvalue weighted by atomic mass is 79.9. The summed E-state index contributed by atoms with van der Waals surface area (Å²) in [5, 5.41) is 17.9. The summed E-state index contributed by atoms with van der Waals surface area (Å²) in [4.78, 5) is 32.4. The Labute approximate surface area is 112 Å². The van der Waals surface area contributed by atoms with E-state index in [0.29, 0.717) is 5.56 Å². The molecule has 1 unspecified atom stereocenters. The number of halogens is 1. The van der Waals surface area contributed by atoms with Crippen LogP contribution in [0.3, 0.4) is 0 Å². The summed E-state index contributed by atoms with van der Waals surface area (Å²) in [6, 6.07) is 4.32. The summed E-state index contributed by atoms with van der Waals surface area (Å²) in [6.07, 6.45) is -0.328. The number of benzene rings is 1. The molecule has 0 spiro atoms. The Morgan fingerprint density at radius 1 is 1.28 bits per heavy atom. The zero-order valence-corrected chi connectivity index (χ0v) is 11.1. The molecule has 1 aromatic carbocycles. The molecule has 0 aromatic heterocycles. The monoisotopic (exact) mass is 314 g/mol. The highest BCUT2D eigenvalue weighted by Gasteiger charge is 2.24. The topological polar surface area (TPSA) is 91.7 Å². The first-order chi connectivity index (χ1) is 8.34. The standard InChI is InChI=1S/C12H11BrO5/c1-6(14)11(13)10-7(5-9(15)16)3-2-4-8(10)12(17)18/h2-4,11H,5H2,1H3,(H,15,16)(H,17,18). The van der Waals surface area contributed by atoms with Crippen molar-refractivity contribution in [1.82, 2.24) is 0 Å². The van der Waals surface area contributed by atoms with Crippen LogP contribution in [0.2, 0.25) is 0 Å². The van der Waals surface area contributed by atoms with Gasteiger partial charge >= 0.3 is 11.9 Å². The molecule has 2 N–H and O–H groups in total.